The predicted molar refractivity (Wildman–Crippen MR) is 112 cm³/mol. The highest BCUT2D eigenvalue weighted by Crippen LogP contribution is 2.29. The predicted octanol–water partition coefficient (Wildman–Crippen LogP) is 4.38. The van der Waals surface area contributed by atoms with Crippen molar-refractivity contribution in [2.75, 3.05) is 10.8 Å². The molecule has 0 aliphatic heterocycles. The van der Waals surface area contributed by atoms with E-state index in [1.807, 2.05) is 0 Å². The molecule has 1 N–H and O–H groups in total. The number of halogens is 2. The van der Waals surface area contributed by atoms with Crippen LogP contribution in [0, 0.1) is 5.82 Å². The second kappa shape index (κ2) is 9.15. The highest BCUT2D eigenvalue weighted by Gasteiger charge is 2.27. The largest absolute Gasteiger partial charge is 0.467 e. The molecule has 6 nitrogen and oxygen atoms in total. The average Bonchev–Trinajstić information content (AvgIpc) is 3.25. The summed E-state index contributed by atoms with van der Waals surface area (Å²) < 4.78 is 46.1. The van der Waals surface area contributed by atoms with Crippen molar-refractivity contribution in [3.05, 3.63) is 95.7 Å². The molecule has 0 saturated heterocycles. The maximum Gasteiger partial charge on any atom is 0.266 e. The second-order valence-electron chi connectivity index (χ2n) is 6.21. The number of hydrogen-bond acceptors (Lipinski definition) is 4. The third-order valence-corrected chi connectivity index (χ3v) is 6.45. The van der Waals surface area contributed by atoms with Crippen molar-refractivity contribution in [2.45, 2.75) is 11.4 Å². The molecule has 0 saturated carbocycles. The van der Waals surface area contributed by atoms with E-state index in [1.165, 1.54) is 42.7 Å². The number of furan rings is 1. The molecule has 0 spiro atoms. The van der Waals surface area contributed by atoms with Crippen molar-refractivity contribution in [1.82, 2.24) is 5.32 Å². The van der Waals surface area contributed by atoms with Crippen LogP contribution in [0.3, 0.4) is 0 Å². The van der Waals surface area contributed by atoms with E-state index in [9.17, 15) is 17.6 Å². The number of nitrogens with zero attached hydrogens (tertiary/aromatic N) is 1. The van der Waals surface area contributed by atoms with E-state index in [0.29, 0.717) is 5.76 Å². The SMILES string of the molecule is C=CCN(c1ccc(F)cc1)S(=O)(=O)c1cc(C(=O)NCc2ccco2)ccc1Cl. The number of benzene rings is 2. The molecular weight excluding hydrogens is 431 g/mol. The number of nitrogens with one attached hydrogen (secondary N) is 1. The van der Waals surface area contributed by atoms with Gasteiger partial charge in [0.2, 0.25) is 0 Å². The number of hydrogen-bond donors (Lipinski definition) is 1. The molecule has 1 heterocycles. The van der Waals surface area contributed by atoms with Gasteiger partial charge in [-0.05, 0) is 54.6 Å². The van der Waals surface area contributed by atoms with Gasteiger partial charge in [-0.25, -0.2) is 12.8 Å². The lowest BCUT2D eigenvalue weighted by molar-refractivity contribution is 0.0948. The number of anilines is 1. The van der Waals surface area contributed by atoms with Crippen molar-refractivity contribution in [3.8, 4) is 0 Å². The van der Waals surface area contributed by atoms with Gasteiger partial charge in [0.15, 0.2) is 0 Å². The minimum atomic E-state index is -4.16. The van der Waals surface area contributed by atoms with Gasteiger partial charge in [0, 0.05) is 5.56 Å². The number of sulfonamides is 1. The zero-order valence-electron chi connectivity index (χ0n) is 15.7. The van der Waals surface area contributed by atoms with Crippen LogP contribution < -0.4 is 9.62 Å². The molecule has 30 heavy (non-hydrogen) atoms. The van der Waals surface area contributed by atoms with Gasteiger partial charge in [-0.2, -0.15) is 0 Å². The Kier molecular flexibility index (Phi) is 6.59. The normalized spacial score (nSPS) is 11.1. The Morgan fingerprint density at radius 3 is 2.57 bits per heavy atom. The zero-order chi connectivity index (χ0) is 21.7. The number of carbonyl (C=O) groups is 1. The highest BCUT2D eigenvalue weighted by molar-refractivity contribution is 7.93. The Morgan fingerprint density at radius 2 is 1.93 bits per heavy atom. The van der Waals surface area contributed by atoms with Gasteiger partial charge in [-0.15, -0.1) is 6.58 Å². The van der Waals surface area contributed by atoms with Crippen molar-refractivity contribution < 1.29 is 22.0 Å². The molecule has 1 amide bonds. The van der Waals surface area contributed by atoms with Gasteiger partial charge in [-0.1, -0.05) is 17.7 Å². The smallest absolute Gasteiger partial charge is 0.266 e. The quantitative estimate of drug-likeness (QED) is 0.518. The Morgan fingerprint density at radius 1 is 1.20 bits per heavy atom. The summed E-state index contributed by atoms with van der Waals surface area (Å²) in [6, 6.07) is 12.3. The second-order valence-corrected chi connectivity index (χ2v) is 8.45. The fraction of sp³-hybridized carbons (Fsp3) is 0.0952. The summed E-state index contributed by atoms with van der Waals surface area (Å²) >= 11 is 6.16. The molecule has 0 aliphatic rings. The topological polar surface area (TPSA) is 79.6 Å². The zero-order valence-corrected chi connectivity index (χ0v) is 17.3. The Hall–Kier alpha value is -3.10. The fourth-order valence-corrected chi connectivity index (χ4v) is 4.65. The first kappa shape index (κ1) is 21.6. The molecule has 3 aromatic rings. The van der Waals surface area contributed by atoms with Crippen LogP contribution in [-0.4, -0.2) is 20.9 Å². The molecule has 2 aromatic carbocycles. The van der Waals surface area contributed by atoms with Crippen LogP contribution in [0.4, 0.5) is 10.1 Å². The molecule has 0 aliphatic carbocycles. The molecule has 0 unspecified atom stereocenters. The van der Waals surface area contributed by atoms with Gasteiger partial charge in [0.1, 0.15) is 16.5 Å². The van der Waals surface area contributed by atoms with E-state index in [4.69, 9.17) is 16.0 Å². The first-order valence-corrected chi connectivity index (χ1v) is 10.6. The molecule has 156 valence electrons. The molecule has 0 atom stereocenters. The lowest BCUT2D eigenvalue weighted by atomic mass is 10.2. The lowest BCUT2D eigenvalue weighted by Crippen LogP contribution is -2.32. The Balaban J connectivity index is 1.93. The third kappa shape index (κ3) is 4.72. The van der Waals surface area contributed by atoms with E-state index in [2.05, 4.69) is 11.9 Å². The summed E-state index contributed by atoms with van der Waals surface area (Å²) in [6.45, 7) is 3.66. The molecule has 9 heteroatoms. The van der Waals surface area contributed by atoms with Gasteiger partial charge < -0.3 is 9.73 Å². The van der Waals surface area contributed by atoms with Crippen molar-refractivity contribution in [2.24, 2.45) is 0 Å². The maximum atomic E-state index is 13.3. The van der Waals surface area contributed by atoms with Gasteiger partial charge >= 0.3 is 0 Å². The van der Waals surface area contributed by atoms with Crippen LogP contribution in [0.5, 0.6) is 0 Å². The molecule has 3 rings (SSSR count). The first-order valence-electron chi connectivity index (χ1n) is 8.82. The number of amides is 1. The molecule has 0 fully saturated rings. The minimum absolute atomic E-state index is 0.0474. The van der Waals surface area contributed by atoms with E-state index >= 15 is 0 Å². The van der Waals surface area contributed by atoms with Crippen molar-refractivity contribution in [3.63, 3.8) is 0 Å². The van der Waals surface area contributed by atoms with E-state index < -0.39 is 21.7 Å². The first-order chi connectivity index (χ1) is 14.3. The lowest BCUT2D eigenvalue weighted by Gasteiger charge is -2.24. The van der Waals surface area contributed by atoms with Crippen molar-refractivity contribution in [1.29, 1.82) is 0 Å². The van der Waals surface area contributed by atoms with Crippen LogP contribution in [-0.2, 0) is 16.6 Å². The summed E-state index contributed by atoms with van der Waals surface area (Å²) in [5.41, 5.74) is 0.349. The minimum Gasteiger partial charge on any atom is -0.467 e. The maximum absolute atomic E-state index is 13.3. The van der Waals surface area contributed by atoms with Gasteiger partial charge in [0.25, 0.3) is 15.9 Å². The Labute approximate surface area is 178 Å². The van der Waals surface area contributed by atoms with Crippen LogP contribution in [0.25, 0.3) is 0 Å². The number of carbonyl (C=O) groups excluding carboxylic acids is 1. The highest BCUT2D eigenvalue weighted by atomic mass is 35.5. The molecular formula is C21H18ClFN2O4S. The summed E-state index contributed by atoms with van der Waals surface area (Å²) in [5, 5.41) is 2.60. The van der Waals surface area contributed by atoms with E-state index in [0.717, 1.165) is 16.4 Å². The standard InChI is InChI=1S/C21H18ClFN2O4S/c1-2-11-25(17-8-6-16(23)7-9-17)30(27,28)20-13-15(5-10-19(20)22)21(26)24-14-18-4-3-12-29-18/h2-10,12-13H,1,11,14H2,(H,24,26). The summed E-state index contributed by atoms with van der Waals surface area (Å²) in [6.07, 6.45) is 2.88. The van der Waals surface area contributed by atoms with Gasteiger partial charge in [-0.3, -0.25) is 9.10 Å². The van der Waals surface area contributed by atoms with Crippen molar-refractivity contribution >= 4 is 33.2 Å². The Bertz CT molecular complexity index is 1150. The van der Waals surface area contributed by atoms with Crippen LogP contribution in [0.2, 0.25) is 5.02 Å². The monoisotopic (exact) mass is 448 g/mol. The van der Waals surface area contributed by atoms with Crippen LogP contribution in [0.1, 0.15) is 16.1 Å². The van der Waals surface area contributed by atoms with Gasteiger partial charge in [0.05, 0.1) is 30.1 Å². The fourth-order valence-electron chi connectivity index (χ4n) is 2.71. The number of rotatable bonds is 8. The summed E-state index contributed by atoms with van der Waals surface area (Å²) in [7, 11) is -4.16. The summed E-state index contributed by atoms with van der Waals surface area (Å²) in [5.74, 6) is -0.432. The average molecular weight is 449 g/mol. The van der Waals surface area contributed by atoms with E-state index in [1.54, 1.807) is 12.1 Å². The summed E-state index contributed by atoms with van der Waals surface area (Å²) in [4.78, 5) is 12.2. The van der Waals surface area contributed by atoms with E-state index in [-0.39, 0.29) is 34.3 Å². The molecule has 1 aromatic heterocycles. The van der Waals surface area contributed by atoms with Crippen LogP contribution in [0.15, 0.2) is 82.8 Å². The molecule has 0 bridgehead atoms. The molecule has 0 radical (unpaired) electrons. The van der Waals surface area contributed by atoms with Crippen LogP contribution >= 0.6 is 11.6 Å². The third-order valence-electron chi connectivity index (χ3n) is 4.17.